The molecule has 0 aliphatic rings. The van der Waals surface area contributed by atoms with Crippen molar-refractivity contribution in [2.45, 2.75) is 33.0 Å². The summed E-state index contributed by atoms with van der Waals surface area (Å²) in [7, 11) is 1.91. The molecule has 0 amide bonds. The van der Waals surface area contributed by atoms with Gasteiger partial charge in [-0.05, 0) is 32.0 Å². The maximum Gasteiger partial charge on any atom is 0.285 e. The lowest BCUT2D eigenvalue weighted by Gasteiger charge is -2.21. The highest BCUT2D eigenvalue weighted by Crippen LogP contribution is 2.06. The Balaban J connectivity index is 2.05. The third-order valence-electron chi connectivity index (χ3n) is 3.95. The molecule has 24 heavy (non-hydrogen) atoms. The number of likely N-dealkylation sites (N-methyl/N-ethyl adjacent to an activating group) is 1. The number of hydrogen-bond acceptors (Lipinski definition) is 5. The molecule has 0 saturated heterocycles. The van der Waals surface area contributed by atoms with Gasteiger partial charge in [0.15, 0.2) is 0 Å². The molecule has 1 heterocycles. The smallest absolute Gasteiger partial charge is 0.285 e. The third kappa shape index (κ3) is 4.28. The average molecular weight is 326 g/mol. The van der Waals surface area contributed by atoms with Crippen molar-refractivity contribution >= 4 is 0 Å². The Bertz CT molecular complexity index is 793. The second-order valence-corrected chi connectivity index (χ2v) is 6.02. The first-order valence-corrected chi connectivity index (χ1v) is 7.81. The van der Waals surface area contributed by atoms with E-state index in [-0.39, 0.29) is 12.1 Å². The summed E-state index contributed by atoms with van der Waals surface area (Å²) in [5.74, 6) is 0. The molecule has 6 heteroatoms. The zero-order valence-electron chi connectivity index (χ0n) is 14.2. The monoisotopic (exact) mass is 326 g/mol. The lowest BCUT2D eigenvalue weighted by molar-refractivity contribution is 0.102. The molecule has 0 aliphatic carbocycles. The molecular formula is C18H22N4O2. The first-order chi connectivity index (χ1) is 11.4. The van der Waals surface area contributed by atoms with E-state index in [9.17, 15) is 9.90 Å². The first-order valence-electron chi connectivity index (χ1n) is 7.81. The third-order valence-corrected chi connectivity index (χ3v) is 3.95. The maximum atomic E-state index is 12.2. The summed E-state index contributed by atoms with van der Waals surface area (Å²) in [6.07, 6.45) is -0.752. The van der Waals surface area contributed by atoms with Gasteiger partial charge in [0, 0.05) is 13.1 Å². The maximum absolute atomic E-state index is 12.2. The van der Waals surface area contributed by atoms with Gasteiger partial charge in [0.2, 0.25) is 0 Å². The molecule has 0 fully saturated rings. The fourth-order valence-electron chi connectivity index (χ4n) is 2.60. The summed E-state index contributed by atoms with van der Waals surface area (Å²) in [6, 6.07) is 11.9. The summed E-state index contributed by atoms with van der Waals surface area (Å²) in [6.45, 7) is 4.62. The van der Waals surface area contributed by atoms with Crippen LogP contribution in [0.2, 0.25) is 0 Å². The Labute approximate surface area is 141 Å². The van der Waals surface area contributed by atoms with E-state index in [0.29, 0.717) is 24.3 Å². The van der Waals surface area contributed by atoms with Crippen LogP contribution in [-0.4, -0.2) is 39.5 Å². The molecule has 0 aliphatic heterocycles. The van der Waals surface area contributed by atoms with Crippen molar-refractivity contribution in [3.63, 3.8) is 0 Å². The van der Waals surface area contributed by atoms with Crippen molar-refractivity contribution in [2.75, 3.05) is 13.6 Å². The van der Waals surface area contributed by atoms with Gasteiger partial charge in [-0.3, -0.25) is 9.69 Å². The van der Waals surface area contributed by atoms with E-state index in [0.717, 1.165) is 5.56 Å². The highest BCUT2D eigenvalue weighted by molar-refractivity contribution is 5.36. The lowest BCUT2D eigenvalue weighted by atomic mass is 10.1. The molecule has 2 aromatic rings. The number of hydrogen-bond donors (Lipinski definition) is 1. The molecule has 0 bridgehead atoms. The van der Waals surface area contributed by atoms with Crippen molar-refractivity contribution in [1.29, 1.82) is 5.26 Å². The van der Waals surface area contributed by atoms with Crippen LogP contribution in [0.4, 0.5) is 0 Å². The fraction of sp³-hybridized carbons (Fsp3) is 0.389. The van der Waals surface area contributed by atoms with Crippen LogP contribution in [0, 0.1) is 25.2 Å². The summed E-state index contributed by atoms with van der Waals surface area (Å²) in [5.41, 5.74) is 2.00. The zero-order chi connectivity index (χ0) is 17.7. The van der Waals surface area contributed by atoms with Crippen LogP contribution in [-0.2, 0) is 13.1 Å². The van der Waals surface area contributed by atoms with Crippen molar-refractivity contribution in [3.05, 3.63) is 63.1 Å². The van der Waals surface area contributed by atoms with Gasteiger partial charge < -0.3 is 5.11 Å². The number of nitriles is 1. The van der Waals surface area contributed by atoms with Gasteiger partial charge in [0.05, 0.1) is 18.3 Å². The number of nitrogens with zero attached hydrogens (tertiary/aromatic N) is 4. The van der Waals surface area contributed by atoms with Gasteiger partial charge in [-0.2, -0.15) is 10.4 Å². The standard InChI is InChI=1S/C18H22N4O2/c1-13-14(2)20-22(18(24)17(13)9-19)12-16(23)11-21(3)10-15-7-5-4-6-8-15/h4-8,16,23H,10-12H2,1-3H3/t16-/m1/s1. The Hall–Kier alpha value is -2.49. The molecular weight excluding hydrogens is 304 g/mol. The Morgan fingerprint density at radius 1 is 1.33 bits per heavy atom. The van der Waals surface area contributed by atoms with Gasteiger partial charge in [-0.25, -0.2) is 4.68 Å². The second-order valence-electron chi connectivity index (χ2n) is 6.02. The molecule has 1 N–H and O–H groups in total. The molecule has 1 aromatic heterocycles. The molecule has 6 nitrogen and oxygen atoms in total. The van der Waals surface area contributed by atoms with Crippen molar-refractivity contribution in [3.8, 4) is 6.07 Å². The minimum Gasteiger partial charge on any atom is -0.390 e. The van der Waals surface area contributed by atoms with Crippen LogP contribution >= 0.6 is 0 Å². The summed E-state index contributed by atoms with van der Waals surface area (Å²) in [4.78, 5) is 14.2. The number of aromatic nitrogens is 2. The SMILES string of the molecule is Cc1nn(C[C@H](O)CN(C)Cc2ccccc2)c(=O)c(C#N)c1C. The van der Waals surface area contributed by atoms with Crippen LogP contribution in [0.1, 0.15) is 22.4 Å². The molecule has 0 radical (unpaired) electrons. The van der Waals surface area contributed by atoms with Crippen molar-refractivity contribution in [2.24, 2.45) is 0 Å². The highest BCUT2D eigenvalue weighted by atomic mass is 16.3. The van der Waals surface area contributed by atoms with Crippen molar-refractivity contribution in [1.82, 2.24) is 14.7 Å². The van der Waals surface area contributed by atoms with Crippen LogP contribution in [0.3, 0.4) is 0 Å². The van der Waals surface area contributed by atoms with E-state index in [2.05, 4.69) is 5.10 Å². The number of aryl methyl sites for hydroxylation is 1. The average Bonchev–Trinajstić information content (AvgIpc) is 2.54. The van der Waals surface area contributed by atoms with Gasteiger partial charge in [0.1, 0.15) is 11.6 Å². The largest absolute Gasteiger partial charge is 0.390 e. The first kappa shape index (κ1) is 17.9. The number of benzene rings is 1. The minimum atomic E-state index is -0.752. The number of aliphatic hydroxyl groups excluding tert-OH is 1. The molecule has 126 valence electrons. The van der Waals surface area contributed by atoms with Crippen LogP contribution in [0.5, 0.6) is 0 Å². The van der Waals surface area contributed by atoms with Gasteiger partial charge in [-0.1, -0.05) is 30.3 Å². The van der Waals surface area contributed by atoms with E-state index in [4.69, 9.17) is 5.26 Å². The topological polar surface area (TPSA) is 82.2 Å². The van der Waals surface area contributed by atoms with Crippen LogP contribution in [0.15, 0.2) is 35.1 Å². The molecule has 2 rings (SSSR count). The summed E-state index contributed by atoms with van der Waals surface area (Å²) >= 11 is 0. The quantitative estimate of drug-likeness (QED) is 0.863. The van der Waals surface area contributed by atoms with Crippen molar-refractivity contribution < 1.29 is 5.11 Å². The Kier molecular flexibility index (Phi) is 5.85. The normalized spacial score (nSPS) is 12.2. The van der Waals surface area contributed by atoms with Gasteiger partial charge in [0.25, 0.3) is 5.56 Å². The van der Waals surface area contributed by atoms with Crippen LogP contribution in [0.25, 0.3) is 0 Å². The summed E-state index contributed by atoms with van der Waals surface area (Å²) in [5, 5.41) is 23.6. The molecule has 1 atom stereocenters. The van der Waals surface area contributed by atoms with Gasteiger partial charge in [-0.15, -0.1) is 0 Å². The highest BCUT2D eigenvalue weighted by Gasteiger charge is 2.15. The fourth-order valence-corrected chi connectivity index (χ4v) is 2.60. The number of aliphatic hydroxyl groups is 1. The number of rotatable bonds is 6. The predicted molar refractivity (Wildman–Crippen MR) is 91.5 cm³/mol. The Morgan fingerprint density at radius 3 is 2.62 bits per heavy atom. The van der Waals surface area contributed by atoms with E-state index in [1.54, 1.807) is 13.8 Å². The predicted octanol–water partition coefficient (Wildman–Crippen LogP) is 1.22. The van der Waals surface area contributed by atoms with E-state index < -0.39 is 11.7 Å². The van der Waals surface area contributed by atoms with E-state index >= 15 is 0 Å². The van der Waals surface area contributed by atoms with E-state index in [1.807, 2.05) is 48.3 Å². The summed E-state index contributed by atoms with van der Waals surface area (Å²) < 4.78 is 1.18. The van der Waals surface area contributed by atoms with E-state index in [1.165, 1.54) is 4.68 Å². The minimum absolute atomic E-state index is 0.0633. The molecule has 0 saturated carbocycles. The lowest BCUT2D eigenvalue weighted by Crippen LogP contribution is -2.37. The second kappa shape index (κ2) is 7.86. The van der Waals surface area contributed by atoms with Gasteiger partial charge >= 0.3 is 0 Å². The molecule has 0 spiro atoms. The zero-order valence-corrected chi connectivity index (χ0v) is 14.2. The molecule has 1 aromatic carbocycles. The van der Waals surface area contributed by atoms with Crippen LogP contribution < -0.4 is 5.56 Å². The molecule has 0 unspecified atom stereocenters. The Morgan fingerprint density at radius 2 is 2.00 bits per heavy atom.